The molecule has 2 aromatic heterocycles. The summed E-state index contributed by atoms with van der Waals surface area (Å²) in [4.78, 5) is 17.1. The summed E-state index contributed by atoms with van der Waals surface area (Å²) in [5, 5.41) is 10.9. The second kappa shape index (κ2) is 8.20. The van der Waals surface area contributed by atoms with Crippen molar-refractivity contribution in [1.29, 1.82) is 0 Å². The maximum atomic E-state index is 12.4. The first kappa shape index (κ1) is 19.8. The van der Waals surface area contributed by atoms with E-state index in [4.69, 9.17) is 11.4 Å². The van der Waals surface area contributed by atoms with Crippen molar-refractivity contribution in [2.24, 2.45) is 0 Å². The van der Waals surface area contributed by atoms with Gasteiger partial charge in [-0.25, -0.2) is 4.52 Å². The lowest BCUT2D eigenvalue weighted by molar-refractivity contribution is 0.0950. The summed E-state index contributed by atoms with van der Waals surface area (Å²) in [7, 11) is 0. The molecule has 0 saturated heterocycles. The minimum Gasteiger partial charge on any atom is -0.349 e. The molecular weight excluding hydrogens is 398 g/mol. The van der Waals surface area contributed by atoms with Crippen LogP contribution in [-0.2, 0) is 6.42 Å². The zero-order valence-electron chi connectivity index (χ0n) is 17.8. The number of hydrogen-bond acceptors (Lipinski definition) is 4. The molecule has 32 heavy (non-hydrogen) atoms. The lowest BCUT2D eigenvalue weighted by Crippen LogP contribution is -2.26. The maximum Gasteiger partial charge on any atom is 0.251 e. The van der Waals surface area contributed by atoms with Crippen LogP contribution in [0.15, 0.2) is 60.8 Å². The largest absolute Gasteiger partial charge is 0.349 e. The van der Waals surface area contributed by atoms with Gasteiger partial charge in [-0.15, -0.1) is 17.4 Å². The van der Waals surface area contributed by atoms with Gasteiger partial charge < -0.3 is 10.6 Å². The van der Waals surface area contributed by atoms with Crippen LogP contribution < -0.4 is 10.6 Å². The third kappa shape index (κ3) is 4.06. The normalized spacial score (nSPS) is 13.0. The Labute approximate surface area is 186 Å². The third-order valence-corrected chi connectivity index (χ3v) is 5.57. The van der Waals surface area contributed by atoms with E-state index in [1.165, 1.54) is 0 Å². The van der Waals surface area contributed by atoms with Gasteiger partial charge in [0.15, 0.2) is 5.65 Å². The molecule has 0 unspecified atom stereocenters. The fourth-order valence-electron chi connectivity index (χ4n) is 3.72. The third-order valence-electron chi connectivity index (χ3n) is 5.57. The van der Waals surface area contributed by atoms with E-state index < -0.39 is 0 Å². The zero-order valence-corrected chi connectivity index (χ0v) is 17.8. The van der Waals surface area contributed by atoms with E-state index in [-0.39, 0.29) is 5.91 Å². The van der Waals surface area contributed by atoms with Crippen LogP contribution in [-0.4, -0.2) is 26.5 Å². The molecule has 0 spiro atoms. The highest BCUT2D eigenvalue weighted by Crippen LogP contribution is 2.26. The molecule has 5 rings (SSSR count). The summed E-state index contributed by atoms with van der Waals surface area (Å²) in [5.41, 5.74) is 6.35. The van der Waals surface area contributed by atoms with E-state index in [0.29, 0.717) is 24.0 Å². The summed E-state index contributed by atoms with van der Waals surface area (Å²) in [6, 6.07) is 18.2. The Morgan fingerprint density at radius 3 is 2.72 bits per heavy atom. The predicted molar refractivity (Wildman–Crippen MR) is 126 cm³/mol. The van der Waals surface area contributed by atoms with E-state index >= 15 is 0 Å². The number of anilines is 2. The molecule has 1 aliphatic rings. The van der Waals surface area contributed by atoms with E-state index in [9.17, 15) is 4.79 Å². The summed E-state index contributed by atoms with van der Waals surface area (Å²) in [6.45, 7) is 1.94. The number of pyridine rings is 1. The summed E-state index contributed by atoms with van der Waals surface area (Å²) in [5.74, 6) is 3.15. The summed E-state index contributed by atoms with van der Waals surface area (Å²) in [6.07, 6.45) is 10.0. The first-order chi connectivity index (χ1) is 15.6. The van der Waals surface area contributed by atoms with Crippen LogP contribution in [0.4, 0.5) is 11.6 Å². The Morgan fingerprint density at radius 1 is 1.19 bits per heavy atom. The van der Waals surface area contributed by atoms with Gasteiger partial charge in [0.25, 0.3) is 5.91 Å². The molecule has 0 aliphatic heterocycles. The predicted octanol–water partition coefficient (Wildman–Crippen LogP) is 4.52. The first-order valence-corrected chi connectivity index (χ1v) is 10.7. The van der Waals surface area contributed by atoms with Crippen LogP contribution in [0.25, 0.3) is 16.8 Å². The van der Waals surface area contributed by atoms with Crippen LogP contribution in [0.5, 0.6) is 0 Å². The lowest BCUT2D eigenvalue weighted by atomic mass is 10.0. The monoisotopic (exact) mass is 421 g/mol. The average molecular weight is 422 g/mol. The molecule has 6 heteroatoms. The number of nitrogens with one attached hydrogen (secondary N) is 2. The number of hydrogen-bond donors (Lipinski definition) is 2. The van der Waals surface area contributed by atoms with Crippen LogP contribution >= 0.6 is 0 Å². The second-order valence-electron chi connectivity index (χ2n) is 8.11. The summed E-state index contributed by atoms with van der Waals surface area (Å²) < 4.78 is 1.76. The Kier molecular flexibility index (Phi) is 5.08. The van der Waals surface area contributed by atoms with Crippen LogP contribution in [0, 0.1) is 19.3 Å². The van der Waals surface area contributed by atoms with Crippen molar-refractivity contribution in [3.05, 3.63) is 77.5 Å². The van der Waals surface area contributed by atoms with E-state index in [0.717, 1.165) is 46.4 Å². The molecule has 0 bridgehead atoms. The molecule has 2 N–H and O–H groups in total. The average Bonchev–Trinajstić information content (AvgIpc) is 3.50. The molecule has 2 heterocycles. The quantitative estimate of drug-likeness (QED) is 0.449. The zero-order chi connectivity index (χ0) is 22.1. The number of fused-ring (bicyclic) bond motifs is 1. The minimum atomic E-state index is -0.0136. The van der Waals surface area contributed by atoms with Crippen LogP contribution in [0.1, 0.15) is 34.3 Å². The Balaban J connectivity index is 1.39. The number of aromatic nitrogens is 3. The fraction of sp³-hybridized carbons (Fsp3) is 0.192. The van der Waals surface area contributed by atoms with Gasteiger partial charge in [0.05, 0.1) is 0 Å². The Bertz CT molecular complexity index is 1340. The van der Waals surface area contributed by atoms with Gasteiger partial charge in [0, 0.05) is 35.5 Å². The fourth-order valence-corrected chi connectivity index (χ4v) is 3.72. The smallest absolute Gasteiger partial charge is 0.251 e. The van der Waals surface area contributed by atoms with Crippen LogP contribution in [0.3, 0.4) is 0 Å². The highest BCUT2D eigenvalue weighted by atomic mass is 16.1. The topological polar surface area (TPSA) is 71.3 Å². The second-order valence-corrected chi connectivity index (χ2v) is 8.11. The summed E-state index contributed by atoms with van der Waals surface area (Å²) >= 11 is 0. The number of nitrogens with zero attached hydrogens (tertiary/aromatic N) is 3. The van der Waals surface area contributed by atoms with E-state index in [1.807, 2.05) is 55.6 Å². The van der Waals surface area contributed by atoms with Crippen molar-refractivity contribution in [2.75, 3.05) is 5.32 Å². The number of carbonyl (C=O) groups is 1. The molecule has 0 radical (unpaired) electrons. The molecule has 0 atom stereocenters. The standard InChI is InChI=1S/C26H23N5O/c1-3-5-18-7-9-19(10-8-18)23-6-4-15-31-24(23)29-26(30-31)28-21-13-14-22(17(2)16-21)25(32)27-20-11-12-20/h1,4,6-10,13-16,20H,5,11-12H2,2H3,(H,27,32)(H,28,30). The van der Waals surface area contributed by atoms with E-state index in [2.05, 4.69) is 33.8 Å². The molecule has 1 fully saturated rings. The number of terminal acetylenes is 1. The van der Waals surface area contributed by atoms with Crippen LogP contribution in [0.2, 0.25) is 0 Å². The molecule has 6 nitrogen and oxygen atoms in total. The molecule has 158 valence electrons. The molecule has 2 aromatic carbocycles. The number of carbonyl (C=O) groups excluding carboxylic acids is 1. The van der Waals surface area contributed by atoms with Gasteiger partial charge in [-0.3, -0.25) is 4.79 Å². The van der Waals surface area contributed by atoms with E-state index in [1.54, 1.807) is 4.52 Å². The highest BCUT2D eigenvalue weighted by molar-refractivity contribution is 5.96. The van der Waals surface area contributed by atoms with Crippen molar-refractivity contribution < 1.29 is 4.79 Å². The van der Waals surface area contributed by atoms with Gasteiger partial charge in [0.2, 0.25) is 5.95 Å². The number of rotatable bonds is 6. The van der Waals surface area contributed by atoms with Gasteiger partial charge in [-0.2, -0.15) is 4.98 Å². The van der Waals surface area contributed by atoms with Crippen molar-refractivity contribution in [3.63, 3.8) is 0 Å². The Morgan fingerprint density at radius 2 is 2.00 bits per heavy atom. The number of aryl methyl sites for hydroxylation is 1. The van der Waals surface area contributed by atoms with Crippen molar-refractivity contribution in [2.45, 2.75) is 32.2 Å². The van der Waals surface area contributed by atoms with Gasteiger partial charge in [-0.1, -0.05) is 24.3 Å². The minimum absolute atomic E-state index is 0.0136. The highest BCUT2D eigenvalue weighted by Gasteiger charge is 2.24. The maximum absolute atomic E-state index is 12.4. The van der Waals surface area contributed by atoms with Crippen molar-refractivity contribution >= 4 is 23.2 Å². The van der Waals surface area contributed by atoms with Gasteiger partial charge >= 0.3 is 0 Å². The SMILES string of the molecule is C#CCc1ccc(-c2cccn3nc(Nc4ccc(C(=O)NC5CC5)c(C)c4)nc23)cc1. The molecule has 1 amide bonds. The Hall–Kier alpha value is -4.11. The van der Waals surface area contributed by atoms with Gasteiger partial charge in [0.1, 0.15) is 0 Å². The van der Waals surface area contributed by atoms with Gasteiger partial charge in [-0.05, 0) is 66.8 Å². The van der Waals surface area contributed by atoms with Crippen molar-refractivity contribution in [1.82, 2.24) is 19.9 Å². The van der Waals surface area contributed by atoms with Crippen molar-refractivity contribution in [3.8, 4) is 23.5 Å². The molecule has 4 aromatic rings. The first-order valence-electron chi connectivity index (χ1n) is 10.7. The molecule has 1 saturated carbocycles. The number of amides is 1. The molecule has 1 aliphatic carbocycles. The molecular formula is C26H23N5O. The lowest BCUT2D eigenvalue weighted by Gasteiger charge is -2.09. The number of benzene rings is 2.